The Morgan fingerprint density at radius 1 is 1.19 bits per heavy atom. The van der Waals surface area contributed by atoms with Crippen LogP contribution in [0.2, 0.25) is 0 Å². The van der Waals surface area contributed by atoms with Crippen LogP contribution in [0.25, 0.3) is 11.1 Å². The molecule has 2 aromatic rings. The summed E-state index contributed by atoms with van der Waals surface area (Å²) in [4.78, 5) is 15.0. The minimum atomic E-state index is -0.987. The third kappa shape index (κ3) is 1.72. The molecule has 0 saturated heterocycles. The number of nitrogens with two attached hydrogens (primary N) is 1. The zero-order valence-electron chi connectivity index (χ0n) is 8.42. The van der Waals surface area contributed by atoms with E-state index in [-0.39, 0.29) is 5.56 Å². The summed E-state index contributed by atoms with van der Waals surface area (Å²) in [5.41, 5.74) is 7.75. The summed E-state index contributed by atoms with van der Waals surface area (Å²) >= 11 is 0. The highest BCUT2D eigenvalue weighted by molar-refractivity contribution is 5.99. The van der Waals surface area contributed by atoms with E-state index in [9.17, 15) is 4.79 Å². The summed E-state index contributed by atoms with van der Waals surface area (Å²) in [6.45, 7) is 0. The van der Waals surface area contributed by atoms with Crippen LogP contribution < -0.4 is 5.73 Å². The molecule has 4 nitrogen and oxygen atoms in total. The van der Waals surface area contributed by atoms with Gasteiger partial charge in [0.2, 0.25) is 0 Å². The number of anilines is 1. The molecule has 16 heavy (non-hydrogen) atoms. The van der Waals surface area contributed by atoms with Gasteiger partial charge in [-0.05, 0) is 29.8 Å². The Labute approximate surface area is 92.4 Å². The number of nitrogens with zero attached hydrogens (tertiary/aromatic N) is 1. The number of hydrogen-bond acceptors (Lipinski definition) is 3. The van der Waals surface area contributed by atoms with E-state index >= 15 is 0 Å². The van der Waals surface area contributed by atoms with Gasteiger partial charge in [0.05, 0.1) is 5.56 Å². The van der Waals surface area contributed by atoms with E-state index in [0.717, 1.165) is 5.56 Å². The fourth-order valence-electron chi connectivity index (χ4n) is 1.59. The van der Waals surface area contributed by atoms with Gasteiger partial charge in [0.25, 0.3) is 0 Å². The second-order valence-electron chi connectivity index (χ2n) is 3.31. The molecule has 80 valence electrons. The van der Waals surface area contributed by atoms with E-state index in [1.807, 2.05) is 0 Å². The molecule has 3 N–H and O–H groups in total. The number of rotatable bonds is 2. The fraction of sp³-hybridized carbons (Fsp3) is 0. The molecule has 0 amide bonds. The van der Waals surface area contributed by atoms with Crippen molar-refractivity contribution >= 4 is 11.7 Å². The average Bonchev–Trinajstić information content (AvgIpc) is 2.29. The molecular formula is C12H10N2O2. The van der Waals surface area contributed by atoms with E-state index in [2.05, 4.69) is 4.98 Å². The number of benzene rings is 1. The summed E-state index contributed by atoms with van der Waals surface area (Å²) in [5, 5.41) is 9.08. The summed E-state index contributed by atoms with van der Waals surface area (Å²) in [6, 6.07) is 8.32. The normalized spacial score (nSPS) is 10.0. The third-order valence-electron chi connectivity index (χ3n) is 2.30. The van der Waals surface area contributed by atoms with Gasteiger partial charge in [0.15, 0.2) is 0 Å². The molecule has 0 spiro atoms. The first-order chi connectivity index (χ1) is 7.70. The quantitative estimate of drug-likeness (QED) is 0.750. The number of hydrogen-bond donors (Lipinski definition) is 2. The topological polar surface area (TPSA) is 76.2 Å². The van der Waals surface area contributed by atoms with Crippen LogP contribution in [0.4, 0.5) is 5.69 Å². The van der Waals surface area contributed by atoms with Crippen LogP contribution in [0.5, 0.6) is 0 Å². The van der Waals surface area contributed by atoms with Crippen molar-refractivity contribution in [3.8, 4) is 11.1 Å². The minimum Gasteiger partial charge on any atom is -0.478 e. The van der Waals surface area contributed by atoms with Crippen LogP contribution in [-0.4, -0.2) is 16.1 Å². The predicted molar refractivity (Wildman–Crippen MR) is 61.0 cm³/mol. The Morgan fingerprint density at radius 2 is 1.88 bits per heavy atom. The molecule has 0 saturated carbocycles. The first kappa shape index (κ1) is 10.2. The molecule has 0 aliphatic rings. The van der Waals surface area contributed by atoms with Gasteiger partial charge in [-0.1, -0.05) is 6.07 Å². The Balaban J connectivity index is 2.68. The van der Waals surface area contributed by atoms with Crippen LogP contribution >= 0.6 is 0 Å². The van der Waals surface area contributed by atoms with Gasteiger partial charge in [-0.25, -0.2) is 4.79 Å². The Morgan fingerprint density at radius 3 is 2.50 bits per heavy atom. The van der Waals surface area contributed by atoms with Crippen molar-refractivity contribution in [3.05, 3.63) is 48.3 Å². The van der Waals surface area contributed by atoms with Gasteiger partial charge in [0.1, 0.15) is 0 Å². The Kier molecular flexibility index (Phi) is 2.55. The zero-order valence-corrected chi connectivity index (χ0v) is 8.42. The lowest BCUT2D eigenvalue weighted by Gasteiger charge is -2.08. The van der Waals surface area contributed by atoms with Gasteiger partial charge >= 0.3 is 5.97 Å². The minimum absolute atomic E-state index is 0.200. The number of carboxylic acid groups (broad SMARTS) is 1. The summed E-state index contributed by atoms with van der Waals surface area (Å²) in [6.07, 6.45) is 3.21. The average molecular weight is 214 g/mol. The van der Waals surface area contributed by atoms with Gasteiger partial charge in [-0.2, -0.15) is 0 Å². The predicted octanol–water partition coefficient (Wildman–Crippen LogP) is 2.03. The number of carbonyl (C=O) groups is 1. The van der Waals surface area contributed by atoms with Crippen molar-refractivity contribution in [1.82, 2.24) is 4.98 Å². The molecule has 1 aromatic heterocycles. The van der Waals surface area contributed by atoms with Gasteiger partial charge in [-0.15, -0.1) is 0 Å². The number of aromatic carboxylic acids is 1. The number of nitrogen functional groups attached to an aromatic ring is 1. The van der Waals surface area contributed by atoms with Crippen LogP contribution in [0.3, 0.4) is 0 Å². The van der Waals surface area contributed by atoms with Crippen LogP contribution in [0.15, 0.2) is 42.7 Å². The summed E-state index contributed by atoms with van der Waals surface area (Å²) in [7, 11) is 0. The highest BCUT2D eigenvalue weighted by Gasteiger charge is 2.13. The lowest BCUT2D eigenvalue weighted by molar-refractivity contribution is 0.0698. The molecule has 0 bridgehead atoms. The largest absolute Gasteiger partial charge is 0.478 e. The molecule has 0 radical (unpaired) electrons. The molecule has 0 aliphatic heterocycles. The molecule has 1 aromatic carbocycles. The van der Waals surface area contributed by atoms with E-state index in [0.29, 0.717) is 11.3 Å². The Bertz CT molecular complexity index is 524. The van der Waals surface area contributed by atoms with Crippen molar-refractivity contribution in [2.75, 3.05) is 5.73 Å². The lowest BCUT2D eigenvalue weighted by Crippen LogP contribution is -2.02. The molecule has 0 unspecified atom stereocenters. The monoisotopic (exact) mass is 214 g/mol. The number of carboxylic acids is 1. The summed E-state index contributed by atoms with van der Waals surface area (Å²) in [5.74, 6) is -0.987. The first-order valence-corrected chi connectivity index (χ1v) is 4.72. The maximum Gasteiger partial charge on any atom is 0.336 e. The lowest BCUT2D eigenvalue weighted by atomic mass is 9.99. The smallest absolute Gasteiger partial charge is 0.336 e. The van der Waals surface area contributed by atoms with E-state index < -0.39 is 5.97 Å². The first-order valence-electron chi connectivity index (χ1n) is 4.72. The van der Waals surface area contributed by atoms with Crippen LogP contribution in [0, 0.1) is 0 Å². The molecule has 2 rings (SSSR count). The van der Waals surface area contributed by atoms with Gasteiger partial charge in [-0.3, -0.25) is 4.98 Å². The highest BCUT2D eigenvalue weighted by atomic mass is 16.4. The van der Waals surface area contributed by atoms with E-state index in [1.54, 1.807) is 36.7 Å². The third-order valence-corrected chi connectivity index (χ3v) is 2.30. The molecule has 0 atom stereocenters. The second-order valence-corrected chi connectivity index (χ2v) is 3.31. The molecule has 0 aliphatic carbocycles. The van der Waals surface area contributed by atoms with Gasteiger partial charge < -0.3 is 10.8 Å². The van der Waals surface area contributed by atoms with Crippen molar-refractivity contribution in [2.24, 2.45) is 0 Å². The van der Waals surface area contributed by atoms with Crippen molar-refractivity contribution in [1.29, 1.82) is 0 Å². The van der Waals surface area contributed by atoms with Crippen LogP contribution in [0.1, 0.15) is 10.4 Å². The van der Waals surface area contributed by atoms with E-state index in [4.69, 9.17) is 10.8 Å². The second kappa shape index (κ2) is 4.02. The highest BCUT2D eigenvalue weighted by Crippen LogP contribution is 2.29. The zero-order chi connectivity index (χ0) is 11.5. The number of pyridine rings is 1. The molecular weight excluding hydrogens is 204 g/mol. The maximum atomic E-state index is 11.1. The van der Waals surface area contributed by atoms with Gasteiger partial charge in [0, 0.05) is 23.6 Å². The fourth-order valence-corrected chi connectivity index (χ4v) is 1.59. The van der Waals surface area contributed by atoms with Crippen molar-refractivity contribution in [3.63, 3.8) is 0 Å². The summed E-state index contributed by atoms with van der Waals surface area (Å²) < 4.78 is 0. The SMILES string of the molecule is Nc1cccc(C(=O)O)c1-c1ccncc1. The number of aromatic nitrogens is 1. The maximum absolute atomic E-state index is 11.1. The molecule has 1 heterocycles. The van der Waals surface area contributed by atoms with Crippen LogP contribution in [-0.2, 0) is 0 Å². The Hall–Kier alpha value is -2.36. The van der Waals surface area contributed by atoms with E-state index in [1.165, 1.54) is 6.07 Å². The van der Waals surface area contributed by atoms with Crippen molar-refractivity contribution in [2.45, 2.75) is 0 Å². The molecule has 4 heteroatoms. The van der Waals surface area contributed by atoms with Crippen molar-refractivity contribution < 1.29 is 9.90 Å². The molecule has 0 fully saturated rings. The standard InChI is InChI=1S/C12H10N2O2/c13-10-3-1-2-9(12(15)16)11(10)8-4-6-14-7-5-8/h1-7H,13H2,(H,15,16).